The molecule has 1 aliphatic carbocycles. The molecule has 0 unspecified atom stereocenters. The summed E-state index contributed by atoms with van der Waals surface area (Å²) in [5, 5.41) is 1.15. The molecule has 3 rings (SSSR count). The van der Waals surface area contributed by atoms with Crippen LogP contribution in [0.5, 0.6) is 0 Å². The van der Waals surface area contributed by atoms with Crippen molar-refractivity contribution < 1.29 is 4.79 Å². The molecule has 86 valence electrons. The Labute approximate surface area is 100 Å². The second-order valence-electron chi connectivity index (χ2n) is 5.29. The summed E-state index contributed by atoms with van der Waals surface area (Å²) in [5.41, 5.74) is 4.27. The van der Waals surface area contributed by atoms with Crippen LogP contribution in [0.4, 0.5) is 0 Å². The van der Waals surface area contributed by atoms with E-state index in [2.05, 4.69) is 37.0 Å². The Morgan fingerprint density at radius 3 is 2.82 bits per heavy atom. The van der Waals surface area contributed by atoms with Gasteiger partial charge in [0, 0.05) is 33.1 Å². The first-order chi connectivity index (χ1) is 8.13. The number of carbonyl (C=O) groups excluding carboxylic acids is 1. The minimum Gasteiger partial charge on any atom is -0.357 e. The molecule has 1 aromatic carbocycles. The fourth-order valence-electron chi connectivity index (χ4n) is 2.63. The molecule has 0 spiro atoms. The number of hydrogen-bond donors (Lipinski definition) is 1. The van der Waals surface area contributed by atoms with Crippen molar-refractivity contribution in [2.24, 2.45) is 0 Å². The molecule has 0 aliphatic heterocycles. The predicted molar refractivity (Wildman–Crippen MR) is 70.0 cm³/mol. The Morgan fingerprint density at radius 1 is 1.29 bits per heavy atom. The third-order valence-electron chi connectivity index (χ3n) is 3.63. The maximum Gasteiger partial charge on any atom is 0.150 e. The van der Waals surface area contributed by atoms with Crippen LogP contribution in [0.3, 0.4) is 0 Å². The lowest BCUT2D eigenvalue weighted by atomic mass is 9.77. The number of nitrogens with one attached hydrogen (secondary N) is 1. The van der Waals surface area contributed by atoms with Gasteiger partial charge in [-0.05, 0) is 12.5 Å². The van der Waals surface area contributed by atoms with E-state index in [-0.39, 0.29) is 5.41 Å². The molecular formula is C15H15NO. The summed E-state index contributed by atoms with van der Waals surface area (Å²) < 4.78 is 0. The SMILES string of the molecule is CC1(C)CC=C(C=O)c2c1[nH]c1ccccc21. The van der Waals surface area contributed by atoms with Crippen LogP contribution in [-0.2, 0) is 10.2 Å². The number of aromatic nitrogens is 1. The summed E-state index contributed by atoms with van der Waals surface area (Å²) in [6, 6.07) is 8.16. The fourth-order valence-corrected chi connectivity index (χ4v) is 2.63. The monoisotopic (exact) mass is 225 g/mol. The Bertz CT molecular complexity index is 631. The summed E-state index contributed by atoms with van der Waals surface area (Å²) in [4.78, 5) is 14.7. The largest absolute Gasteiger partial charge is 0.357 e. The van der Waals surface area contributed by atoms with Gasteiger partial charge < -0.3 is 4.98 Å². The molecule has 17 heavy (non-hydrogen) atoms. The molecule has 0 amide bonds. The van der Waals surface area contributed by atoms with Crippen LogP contribution < -0.4 is 0 Å². The topological polar surface area (TPSA) is 32.9 Å². The number of benzene rings is 1. The number of H-pyrrole nitrogens is 1. The predicted octanol–water partition coefficient (Wildman–Crippen LogP) is 3.43. The number of rotatable bonds is 1. The van der Waals surface area contributed by atoms with Gasteiger partial charge in [0.15, 0.2) is 0 Å². The molecular weight excluding hydrogens is 210 g/mol. The van der Waals surface area contributed by atoms with E-state index in [1.165, 1.54) is 5.69 Å². The van der Waals surface area contributed by atoms with Crippen molar-refractivity contribution in [1.29, 1.82) is 0 Å². The van der Waals surface area contributed by atoms with Crippen molar-refractivity contribution in [1.82, 2.24) is 4.98 Å². The van der Waals surface area contributed by atoms with Gasteiger partial charge in [0.25, 0.3) is 0 Å². The molecule has 0 atom stereocenters. The third kappa shape index (κ3) is 1.37. The van der Waals surface area contributed by atoms with Crippen molar-refractivity contribution in [3.8, 4) is 0 Å². The molecule has 0 fully saturated rings. The first kappa shape index (κ1) is 10.3. The lowest BCUT2D eigenvalue weighted by Gasteiger charge is -2.27. The fraction of sp³-hybridized carbons (Fsp3) is 0.267. The molecule has 2 aromatic rings. The van der Waals surface area contributed by atoms with E-state index in [0.717, 1.165) is 34.7 Å². The lowest BCUT2D eigenvalue weighted by Crippen LogP contribution is -2.21. The Kier molecular flexibility index (Phi) is 2.02. The Hall–Kier alpha value is -1.83. The van der Waals surface area contributed by atoms with Gasteiger partial charge in [-0.3, -0.25) is 4.79 Å². The highest BCUT2D eigenvalue weighted by Crippen LogP contribution is 2.41. The van der Waals surface area contributed by atoms with E-state index in [4.69, 9.17) is 0 Å². The highest BCUT2D eigenvalue weighted by atomic mass is 16.1. The number of para-hydroxylation sites is 1. The normalized spacial score (nSPS) is 17.6. The molecule has 0 radical (unpaired) electrons. The number of carbonyl (C=O) groups is 1. The number of aromatic amines is 1. The maximum absolute atomic E-state index is 11.2. The molecule has 2 heteroatoms. The van der Waals surface area contributed by atoms with Crippen molar-refractivity contribution in [3.63, 3.8) is 0 Å². The van der Waals surface area contributed by atoms with Crippen molar-refractivity contribution >= 4 is 22.8 Å². The van der Waals surface area contributed by atoms with Crippen LogP contribution in [0.15, 0.2) is 30.3 Å². The lowest BCUT2D eigenvalue weighted by molar-refractivity contribution is -0.103. The van der Waals surface area contributed by atoms with Gasteiger partial charge in [-0.15, -0.1) is 0 Å². The van der Waals surface area contributed by atoms with Gasteiger partial charge in [-0.2, -0.15) is 0 Å². The zero-order valence-corrected chi connectivity index (χ0v) is 10.1. The number of hydrogen-bond acceptors (Lipinski definition) is 1. The number of aldehydes is 1. The molecule has 0 saturated carbocycles. The summed E-state index contributed by atoms with van der Waals surface area (Å²) in [6.45, 7) is 4.42. The number of fused-ring (bicyclic) bond motifs is 3. The van der Waals surface area contributed by atoms with E-state index in [0.29, 0.717) is 0 Å². The zero-order valence-electron chi connectivity index (χ0n) is 10.1. The standard InChI is InChI=1S/C15H15NO/c1-15(2)8-7-10(9-17)13-11-5-3-4-6-12(11)16-14(13)15/h3-7,9,16H,8H2,1-2H3. The smallest absolute Gasteiger partial charge is 0.150 e. The summed E-state index contributed by atoms with van der Waals surface area (Å²) in [7, 11) is 0. The number of allylic oxidation sites excluding steroid dienone is 2. The molecule has 1 heterocycles. The third-order valence-corrected chi connectivity index (χ3v) is 3.63. The minimum atomic E-state index is 0.0703. The van der Waals surface area contributed by atoms with E-state index in [1.807, 2.05) is 12.1 Å². The van der Waals surface area contributed by atoms with E-state index < -0.39 is 0 Å². The van der Waals surface area contributed by atoms with Gasteiger partial charge in [0.05, 0.1) is 0 Å². The quantitative estimate of drug-likeness (QED) is 0.741. The zero-order chi connectivity index (χ0) is 12.0. The maximum atomic E-state index is 11.2. The van der Waals surface area contributed by atoms with Gasteiger partial charge in [0.1, 0.15) is 6.29 Å². The first-order valence-corrected chi connectivity index (χ1v) is 5.90. The van der Waals surface area contributed by atoms with Crippen LogP contribution in [-0.4, -0.2) is 11.3 Å². The van der Waals surface area contributed by atoms with Crippen LogP contribution in [0.1, 0.15) is 31.5 Å². The van der Waals surface area contributed by atoms with Crippen LogP contribution in [0, 0.1) is 0 Å². The van der Waals surface area contributed by atoms with Crippen LogP contribution in [0.25, 0.3) is 16.5 Å². The van der Waals surface area contributed by atoms with Gasteiger partial charge in [-0.25, -0.2) is 0 Å². The highest BCUT2D eigenvalue weighted by molar-refractivity contribution is 6.14. The van der Waals surface area contributed by atoms with Gasteiger partial charge >= 0.3 is 0 Å². The summed E-state index contributed by atoms with van der Waals surface area (Å²) in [5.74, 6) is 0. The van der Waals surface area contributed by atoms with E-state index >= 15 is 0 Å². The average molecular weight is 225 g/mol. The minimum absolute atomic E-state index is 0.0703. The molecule has 1 aliphatic rings. The second-order valence-corrected chi connectivity index (χ2v) is 5.29. The van der Waals surface area contributed by atoms with E-state index in [1.54, 1.807) is 0 Å². The molecule has 2 nitrogen and oxygen atoms in total. The summed E-state index contributed by atoms with van der Waals surface area (Å²) >= 11 is 0. The first-order valence-electron chi connectivity index (χ1n) is 5.90. The molecule has 1 N–H and O–H groups in total. The van der Waals surface area contributed by atoms with Crippen molar-refractivity contribution in [2.45, 2.75) is 25.7 Å². The Morgan fingerprint density at radius 2 is 2.06 bits per heavy atom. The second kappa shape index (κ2) is 3.33. The van der Waals surface area contributed by atoms with Gasteiger partial charge in [-0.1, -0.05) is 38.1 Å². The van der Waals surface area contributed by atoms with Gasteiger partial charge in [0.2, 0.25) is 0 Å². The molecule has 1 aromatic heterocycles. The average Bonchev–Trinajstić information content (AvgIpc) is 2.71. The van der Waals surface area contributed by atoms with Crippen LogP contribution >= 0.6 is 0 Å². The molecule has 0 saturated heterocycles. The van der Waals surface area contributed by atoms with Crippen molar-refractivity contribution in [2.75, 3.05) is 0 Å². The highest BCUT2D eigenvalue weighted by Gasteiger charge is 2.31. The molecule has 0 bridgehead atoms. The van der Waals surface area contributed by atoms with Crippen LogP contribution in [0.2, 0.25) is 0 Å². The van der Waals surface area contributed by atoms with E-state index in [9.17, 15) is 4.79 Å². The van der Waals surface area contributed by atoms with Crippen molar-refractivity contribution in [3.05, 3.63) is 41.6 Å². The summed E-state index contributed by atoms with van der Waals surface area (Å²) in [6.07, 6.45) is 3.92. The Balaban J connectivity index is 2.42.